The van der Waals surface area contributed by atoms with Crippen LogP contribution in [0.1, 0.15) is 29.3 Å². The van der Waals surface area contributed by atoms with E-state index in [1.807, 2.05) is 67.8 Å². The van der Waals surface area contributed by atoms with Gasteiger partial charge in [0.25, 0.3) is 5.91 Å². The van der Waals surface area contributed by atoms with Crippen LogP contribution in [0.5, 0.6) is 0 Å². The summed E-state index contributed by atoms with van der Waals surface area (Å²) < 4.78 is 7.07. The van der Waals surface area contributed by atoms with Crippen molar-refractivity contribution in [2.24, 2.45) is 4.99 Å². The van der Waals surface area contributed by atoms with Gasteiger partial charge in [-0.3, -0.25) is 9.59 Å². The normalized spacial score (nSPS) is 16.2. The molecule has 0 spiro atoms. The Morgan fingerprint density at radius 1 is 1.16 bits per heavy atom. The van der Waals surface area contributed by atoms with Gasteiger partial charge < -0.3 is 14.6 Å². The van der Waals surface area contributed by atoms with Crippen LogP contribution in [0, 0.1) is 20.8 Å². The Kier molecular flexibility index (Phi) is 6.19. The van der Waals surface area contributed by atoms with E-state index < -0.39 is 0 Å². The molecule has 1 fully saturated rings. The highest BCUT2D eigenvalue weighted by Gasteiger charge is 2.25. The summed E-state index contributed by atoms with van der Waals surface area (Å²) in [5.74, 6) is -0.467. The monoisotopic (exact) mass is 447 g/mol. The van der Waals surface area contributed by atoms with E-state index in [2.05, 4.69) is 16.4 Å². The maximum atomic E-state index is 12.7. The minimum atomic E-state index is -0.286. The summed E-state index contributed by atoms with van der Waals surface area (Å²) >= 11 is 1.32. The smallest absolute Gasteiger partial charge is 0.325 e. The molecule has 1 aromatic heterocycles. The predicted molar refractivity (Wildman–Crippen MR) is 130 cm³/mol. The molecule has 0 aliphatic carbocycles. The number of carbonyl (C=O) groups excluding carboxylic acids is 2. The quantitative estimate of drug-likeness (QED) is 0.440. The van der Waals surface area contributed by atoms with E-state index in [4.69, 9.17) is 4.74 Å². The number of fused-ring (bicyclic) bond motifs is 1. The van der Waals surface area contributed by atoms with Gasteiger partial charge >= 0.3 is 5.97 Å². The van der Waals surface area contributed by atoms with Gasteiger partial charge in [-0.25, -0.2) is 4.99 Å². The lowest BCUT2D eigenvalue weighted by Crippen LogP contribution is -2.19. The minimum Gasteiger partial charge on any atom is -0.465 e. The Morgan fingerprint density at radius 2 is 1.88 bits per heavy atom. The second-order valence-corrected chi connectivity index (χ2v) is 8.77. The highest BCUT2D eigenvalue weighted by molar-refractivity contribution is 8.18. The number of hydrogen-bond donors (Lipinski definition) is 1. The van der Waals surface area contributed by atoms with Crippen LogP contribution in [0.4, 0.5) is 5.69 Å². The Morgan fingerprint density at radius 3 is 2.59 bits per heavy atom. The first kappa shape index (κ1) is 21.9. The first-order valence-electron chi connectivity index (χ1n) is 10.5. The van der Waals surface area contributed by atoms with Gasteiger partial charge in [0.05, 0.1) is 17.2 Å². The molecule has 4 rings (SSSR count). The van der Waals surface area contributed by atoms with Crippen LogP contribution < -0.4 is 5.32 Å². The lowest BCUT2D eigenvalue weighted by molar-refractivity contribution is -0.143. The molecule has 0 radical (unpaired) electrons. The van der Waals surface area contributed by atoms with E-state index in [0.29, 0.717) is 16.7 Å². The number of aryl methyl sites for hydroxylation is 2. The highest BCUT2D eigenvalue weighted by atomic mass is 32.2. The van der Waals surface area contributed by atoms with Crippen molar-refractivity contribution in [2.45, 2.75) is 34.2 Å². The summed E-state index contributed by atoms with van der Waals surface area (Å²) in [6.07, 6.45) is 1.88. The molecule has 32 heavy (non-hydrogen) atoms. The number of thioether (sulfide) groups is 1. The van der Waals surface area contributed by atoms with Crippen LogP contribution in [0.15, 0.2) is 52.4 Å². The second-order valence-electron chi connectivity index (χ2n) is 7.74. The first-order valence-corrected chi connectivity index (χ1v) is 11.3. The molecule has 2 aromatic carbocycles. The lowest BCUT2D eigenvalue weighted by atomic mass is 10.1. The first-order chi connectivity index (χ1) is 15.4. The number of esters is 1. The van der Waals surface area contributed by atoms with Crippen molar-refractivity contribution in [2.75, 3.05) is 6.61 Å². The average Bonchev–Trinajstić information content (AvgIpc) is 3.19. The average molecular weight is 448 g/mol. The van der Waals surface area contributed by atoms with Crippen LogP contribution in [-0.4, -0.2) is 28.2 Å². The number of amides is 1. The van der Waals surface area contributed by atoms with Crippen molar-refractivity contribution < 1.29 is 14.3 Å². The van der Waals surface area contributed by atoms with Crippen LogP contribution in [0.3, 0.4) is 0 Å². The van der Waals surface area contributed by atoms with Gasteiger partial charge in [0.15, 0.2) is 5.17 Å². The molecule has 1 amide bonds. The number of nitrogens with one attached hydrogen (secondary N) is 1. The SMILES string of the molecule is CCOC(=O)Cn1c(C)c(/C=C2\SC(=Nc3cc(C)cc(C)c3)NC2=O)c2ccccc21. The van der Waals surface area contributed by atoms with E-state index in [1.54, 1.807) is 6.92 Å². The number of rotatable bonds is 5. The molecule has 2 heterocycles. The fourth-order valence-electron chi connectivity index (χ4n) is 3.92. The number of para-hydroxylation sites is 1. The van der Waals surface area contributed by atoms with Crippen molar-refractivity contribution in [1.29, 1.82) is 0 Å². The highest BCUT2D eigenvalue weighted by Crippen LogP contribution is 2.33. The van der Waals surface area contributed by atoms with E-state index in [1.165, 1.54) is 11.8 Å². The lowest BCUT2D eigenvalue weighted by Gasteiger charge is -2.07. The number of carbonyl (C=O) groups is 2. The van der Waals surface area contributed by atoms with Crippen molar-refractivity contribution in [3.8, 4) is 0 Å². The van der Waals surface area contributed by atoms with E-state index in [0.717, 1.165) is 39.0 Å². The Hall–Kier alpha value is -3.32. The molecule has 1 N–H and O–H groups in total. The van der Waals surface area contributed by atoms with Gasteiger partial charge in [-0.2, -0.15) is 0 Å². The molecular formula is C25H25N3O3S. The van der Waals surface area contributed by atoms with Crippen molar-refractivity contribution in [1.82, 2.24) is 9.88 Å². The van der Waals surface area contributed by atoms with Gasteiger partial charge in [0.1, 0.15) is 6.54 Å². The number of hydrogen-bond acceptors (Lipinski definition) is 5. The number of amidine groups is 1. The van der Waals surface area contributed by atoms with Crippen molar-refractivity contribution >= 4 is 51.5 Å². The standard InChI is InChI=1S/C25H25N3O3S/c1-5-31-23(29)14-28-17(4)20(19-8-6-7-9-21(19)28)13-22-24(30)27-25(32-22)26-18-11-15(2)10-16(3)12-18/h6-13H,5,14H2,1-4H3,(H,26,27,30)/b22-13-. The van der Waals surface area contributed by atoms with Crippen LogP contribution in [0.25, 0.3) is 17.0 Å². The van der Waals surface area contributed by atoms with Crippen LogP contribution in [0.2, 0.25) is 0 Å². The third kappa shape index (κ3) is 4.48. The zero-order valence-electron chi connectivity index (χ0n) is 18.6. The third-order valence-corrected chi connectivity index (χ3v) is 6.15. The van der Waals surface area contributed by atoms with Crippen molar-refractivity contribution in [3.63, 3.8) is 0 Å². The van der Waals surface area contributed by atoms with Gasteiger partial charge in [0.2, 0.25) is 0 Å². The molecule has 6 nitrogen and oxygen atoms in total. The Bertz CT molecular complexity index is 1270. The summed E-state index contributed by atoms with van der Waals surface area (Å²) in [7, 11) is 0. The summed E-state index contributed by atoms with van der Waals surface area (Å²) in [6, 6.07) is 13.9. The van der Waals surface area contributed by atoms with E-state index in [-0.39, 0.29) is 18.4 Å². The van der Waals surface area contributed by atoms with Crippen molar-refractivity contribution in [3.05, 3.63) is 69.8 Å². The molecule has 0 atom stereocenters. The van der Waals surface area contributed by atoms with E-state index >= 15 is 0 Å². The minimum absolute atomic E-state index is 0.127. The fourth-order valence-corrected chi connectivity index (χ4v) is 4.75. The number of nitrogens with zero attached hydrogens (tertiary/aromatic N) is 2. The summed E-state index contributed by atoms with van der Waals surface area (Å²) in [5, 5.41) is 4.40. The predicted octanol–water partition coefficient (Wildman–Crippen LogP) is 5.02. The van der Waals surface area contributed by atoms with Crippen LogP contribution >= 0.6 is 11.8 Å². The zero-order chi connectivity index (χ0) is 22.8. The molecule has 1 aliphatic heterocycles. The molecule has 7 heteroatoms. The third-order valence-electron chi connectivity index (χ3n) is 5.24. The summed E-state index contributed by atoms with van der Waals surface area (Å²) in [4.78, 5) is 30.0. The fraction of sp³-hybridized carbons (Fsp3) is 0.240. The molecule has 1 aliphatic rings. The topological polar surface area (TPSA) is 72.7 Å². The molecule has 3 aromatic rings. The molecule has 0 saturated carbocycles. The maximum Gasteiger partial charge on any atom is 0.325 e. The molecule has 1 saturated heterocycles. The molecule has 0 unspecified atom stereocenters. The second kappa shape index (κ2) is 9.04. The van der Waals surface area contributed by atoms with Gasteiger partial charge in [-0.05, 0) is 74.9 Å². The zero-order valence-corrected chi connectivity index (χ0v) is 19.4. The largest absolute Gasteiger partial charge is 0.465 e. The number of aromatic nitrogens is 1. The summed E-state index contributed by atoms with van der Waals surface area (Å²) in [5.41, 5.74) is 5.81. The number of aliphatic imine (C=N–C) groups is 1. The van der Waals surface area contributed by atoms with Gasteiger partial charge in [0, 0.05) is 22.2 Å². The van der Waals surface area contributed by atoms with E-state index in [9.17, 15) is 9.59 Å². The number of ether oxygens (including phenoxy) is 1. The molecule has 164 valence electrons. The van der Waals surface area contributed by atoms with Crippen LogP contribution in [-0.2, 0) is 20.9 Å². The van der Waals surface area contributed by atoms with Gasteiger partial charge in [-0.15, -0.1) is 0 Å². The molecule has 0 bridgehead atoms. The molecular weight excluding hydrogens is 422 g/mol. The number of benzene rings is 2. The Balaban J connectivity index is 1.70. The Labute approximate surface area is 191 Å². The summed E-state index contributed by atoms with van der Waals surface area (Å²) in [6.45, 7) is 8.26. The maximum absolute atomic E-state index is 12.7. The van der Waals surface area contributed by atoms with Gasteiger partial charge in [-0.1, -0.05) is 24.3 Å².